The normalized spacial score (nSPS) is 20.6. The molecule has 0 aromatic heterocycles. The third-order valence-corrected chi connectivity index (χ3v) is 4.10. The molecule has 1 saturated carbocycles. The minimum Gasteiger partial charge on any atom is -0.329 e. The minimum absolute atomic E-state index is 0.605. The van der Waals surface area contributed by atoms with E-state index in [-0.39, 0.29) is 0 Å². The molecule has 1 aliphatic rings. The smallest absolute Gasteiger partial charge is 0.0223 e. The van der Waals surface area contributed by atoms with Crippen LogP contribution in [0.1, 0.15) is 59.3 Å². The Bertz CT molecular complexity index is 174. The van der Waals surface area contributed by atoms with E-state index in [0.717, 1.165) is 19.0 Å². The van der Waals surface area contributed by atoms with Gasteiger partial charge in [-0.3, -0.25) is 4.90 Å². The van der Waals surface area contributed by atoms with Crippen molar-refractivity contribution in [2.45, 2.75) is 71.4 Å². The Kier molecular flexibility index (Phi) is 6.37. The lowest BCUT2D eigenvalue weighted by molar-refractivity contribution is 0.133. The fourth-order valence-electron chi connectivity index (χ4n) is 3.22. The van der Waals surface area contributed by atoms with Crippen LogP contribution < -0.4 is 5.73 Å². The second-order valence-electron chi connectivity index (χ2n) is 5.55. The van der Waals surface area contributed by atoms with Gasteiger partial charge in [-0.05, 0) is 32.7 Å². The van der Waals surface area contributed by atoms with Crippen molar-refractivity contribution >= 4 is 0 Å². The van der Waals surface area contributed by atoms with Gasteiger partial charge < -0.3 is 5.73 Å². The van der Waals surface area contributed by atoms with E-state index in [9.17, 15) is 0 Å². The Balaban J connectivity index is 2.45. The molecule has 0 aromatic rings. The lowest BCUT2D eigenvalue weighted by Crippen LogP contribution is -2.45. The van der Waals surface area contributed by atoms with E-state index in [2.05, 4.69) is 25.7 Å². The zero-order chi connectivity index (χ0) is 12.0. The third kappa shape index (κ3) is 4.06. The Morgan fingerprint density at radius 3 is 2.25 bits per heavy atom. The van der Waals surface area contributed by atoms with Crippen molar-refractivity contribution in [1.82, 2.24) is 4.90 Å². The van der Waals surface area contributed by atoms with Gasteiger partial charge >= 0.3 is 0 Å². The van der Waals surface area contributed by atoms with Gasteiger partial charge in [-0.25, -0.2) is 0 Å². The molecule has 0 aliphatic heterocycles. The molecule has 1 rings (SSSR count). The molecule has 96 valence electrons. The molecule has 2 N–H and O–H groups in total. The highest BCUT2D eigenvalue weighted by atomic mass is 15.2. The number of nitrogens with zero attached hydrogens (tertiary/aromatic N) is 1. The first kappa shape index (κ1) is 14.0. The molecule has 1 fully saturated rings. The molecular formula is C14H30N2. The quantitative estimate of drug-likeness (QED) is 0.754. The lowest BCUT2D eigenvalue weighted by atomic mass is 9.84. The van der Waals surface area contributed by atoms with Crippen molar-refractivity contribution in [3.8, 4) is 0 Å². The van der Waals surface area contributed by atoms with Gasteiger partial charge in [0.15, 0.2) is 0 Å². The highest BCUT2D eigenvalue weighted by Crippen LogP contribution is 2.28. The van der Waals surface area contributed by atoms with Crippen LogP contribution in [0, 0.1) is 5.92 Å². The second-order valence-corrected chi connectivity index (χ2v) is 5.55. The van der Waals surface area contributed by atoms with E-state index >= 15 is 0 Å². The molecule has 0 amide bonds. The predicted octanol–water partition coefficient (Wildman–Crippen LogP) is 3.01. The van der Waals surface area contributed by atoms with Gasteiger partial charge in [-0.2, -0.15) is 0 Å². The minimum atomic E-state index is 0.605. The molecule has 0 bridgehead atoms. The fourth-order valence-corrected chi connectivity index (χ4v) is 3.22. The zero-order valence-corrected chi connectivity index (χ0v) is 11.4. The van der Waals surface area contributed by atoms with Crippen molar-refractivity contribution in [2.75, 3.05) is 13.1 Å². The summed E-state index contributed by atoms with van der Waals surface area (Å²) in [4.78, 5) is 2.56. The topological polar surface area (TPSA) is 29.3 Å². The first-order chi connectivity index (χ1) is 7.69. The van der Waals surface area contributed by atoms with Gasteiger partial charge in [0, 0.05) is 18.6 Å². The summed E-state index contributed by atoms with van der Waals surface area (Å²) in [6, 6.07) is 1.23. The van der Waals surface area contributed by atoms with Crippen LogP contribution in [0.3, 0.4) is 0 Å². The second kappa shape index (κ2) is 7.29. The van der Waals surface area contributed by atoms with Crippen LogP contribution in [-0.2, 0) is 0 Å². The number of likely N-dealkylation sites (N-methyl/N-ethyl adjacent to an activating group) is 1. The molecule has 0 heterocycles. The van der Waals surface area contributed by atoms with Crippen molar-refractivity contribution in [3.63, 3.8) is 0 Å². The summed E-state index contributed by atoms with van der Waals surface area (Å²) < 4.78 is 0. The maximum atomic E-state index is 5.96. The average Bonchev–Trinajstić information content (AvgIpc) is 2.29. The van der Waals surface area contributed by atoms with Gasteiger partial charge in [-0.15, -0.1) is 0 Å². The Hall–Kier alpha value is -0.0800. The fraction of sp³-hybridized carbons (Fsp3) is 1.00. The van der Waals surface area contributed by atoms with Crippen LogP contribution in [0.25, 0.3) is 0 Å². The molecule has 0 aromatic carbocycles. The highest BCUT2D eigenvalue weighted by molar-refractivity contribution is 4.79. The highest BCUT2D eigenvalue weighted by Gasteiger charge is 2.23. The largest absolute Gasteiger partial charge is 0.329 e. The molecule has 0 radical (unpaired) electrons. The van der Waals surface area contributed by atoms with E-state index in [1.54, 1.807) is 0 Å². The molecule has 1 atom stereocenters. The summed E-state index contributed by atoms with van der Waals surface area (Å²) in [6.45, 7) is 8.78. The SMILES string of the molecule is CCN(C(C)C)C(CN)CC1CCCCC1. The summed E-state index contributed by atoms with van der Waals surface area (Å²) in [6.07, 6.45) is 8.53. The number of hydrogen-bond acceptors (Lipinski definition) is 2. The van der Waals surface area contributed by atoms with E-state index in [0.29, 0.717) is 12.1 Å². The number of rotatable bonds is 6. The average molecular weight is 226 g/mol. The summed E-state index contributed by atoms with van der Waals surface area (Å²) in [7, 11) is 0. The van der Waals surface area contributed by atoms with Gasteiger partial charge in [0.2, 0.25) is 0 Å². The van der Waals surface area contributed by atoms with E-state index in [4.69, 9.17) is 5.73 Å². The number of hydrogen-bond donors (Lipinski definition) is 1. The first-order valence-corrected chi connectivity index (χ1v) is 7.14. The molecule has 2 heteroatoms. The molecule has 0 spiro atoms. The molecule has 0 saturated heterocycles. The van der Waals surface area contributed by atoms with Crippen LogP contribution in [0.4, 0.5) is 0 Å². The molecule has 2 nitrogen and oxygen atoms in total. The summed E-state index contributed by atoms with van der Waals surface area (Å²) in [5, 5.41) is 0. The van der Waals surface area contributed by atoms with Gasteiger partial charge in [0.1, 0.15) is 0 Å². The van der Waals surface area contributed by atoms with Crippen molar-refractivity contribution in [2.24, 2.45) is 11.7 Å². The van der Waals surface area contributed by atoms with E-state index in [1.807, 2.05) is 0 Å². The summed E-state index contributed by atoms with van der Waals surface area (Å²) in [5.74, 6) is 0.940. The van der Waals surface area contributed by atoms with Crippen molar-refractivity contribution < 1.29 is 0 Å². The number of nitrogens with two attached hydrogens (primary N) is 1. The van der Waals surface area contributed by atoms with Gasteiger partial charge in [0.05, 0.1) is 0 Å². The van der Waals surface area contributed by atoms with Crippen LogP contribution >= 0.6 is 0 Å². The first-order valence-electron chi connectivity index (χ1n) is 7.14. The maximum absolute atomic E-state index is 5.96. The zero-order valence-electron chi connectivity index (χ0n) is 11.4. The predicted molar refractivity (Wildman–Crippen MR) is 71.6 cm³/mol. The maximum Gasteiger partial charge on any atom is 0.0223 e. The van der Waals surface area contributed by atoms with Gasteiger partial charge in [-0.1, -0.05) is 39.0 Å². The van der Waals surface area contributed by atoms with Crippen molar-refractivity contribution in [1.29, 1.82) is 0 Å². The van der Waals surface area contributed by atoms with Gasteiger partial charge in [0.25, 0.3) is 0 Å². The Morgan fingerprint density at radius 1 is 1.19 bits per heavy atom. The Labute approximate surface area is 102 Å². The van der Waals surface area contributed by atoms with E-state index < -0.39 is 0 Å². The van der Waals surface area contributed by atoms with Crippen molar-refractivity contribution in [3.05, 3.63) is 0 Å². The lowest BCUT2D eigenvalue weighted by Gasteiger charge is -2.36. The monoisotopic (exact) mass is 226 g/mol. The Morgan fingerprint density at radius 2 is 1.81 bits per heavy atom. The summed E-state index contributed by atoms with van der Waals surface area (Å²) in [5.41, 5.74) is 5.96. The molecule has 16 heavy (non-hydrogen) atoms. The van der Waals surface area contributed by atoms with Crippen LogP contribution in [-0.4, -0.2) is 30.1 Å². The third-order valence-electron chi connectivity index (χ3n) is 4.10. The molecule has 1 unspecified atom stereocenters. The summed E-state index contributed by atoms with van der Waals surface area (Å²) >= 11 is 0. The van der Waals surface area contributed by atoms with Crippen LogP contribution in [0.5, 0.6) is 0 Å². The van der Waals surface area contributed by atoms with E-state index in [1.165, 1.54) is 38.5 Å². The standard InChI is InChI=1S/C14H30N2/c1-4-16(12(2)3)14(11-15)10-13-8-6-5-7-9-13/h12-14H,4-11,15H2,1-3H3. The molecular weight excluding hydrogens is 196 g/mol. The van der Waals surface area contributed by atoms with Crippen LogP contribution in [0.15, 0.2) is 0 Å². The molecule has 1 aliphatic carbocycles. The van der Waals surface area contributed by atoms with Crippen LogP contribution in [0.2, 0.25) is 0 Å².